The molecule has 514 valence electrons. The number of carbonyl (C=O) groups excluding carboxylic acids is 2. The molecule has 0 aliphatic carbocycles. The number of amides is 1. The molecule has 6 heteroatoms. The zero-order valence-electron chi connectivity index (χ0n) is 59.0. The van der Waals surface area contributed by atoms with E-state index in [9.17, 15) is 19.8 Å². The zero-order valence-corrected chi connectivity index (χ0v) is 59.0. The van der Waals surface area contributed by atoms with Crippen LogP contribution in [0.4, 0.5) is 0 Å². The molecule has 6 nitrogen and oxygen atoms in total. The van der Waals surface area contributed by atoms with E-state index in [4.69, 9.17) is 4.74 Å². The molecule has 87 heavy (non-hydrogen) atoms. The Morgan fingerprint density at radius 2 is 0.575 bits per heavy atom. The van der Waals surface area contributed by atoms with E-state index in [0.717, 1.165) is 44.9 Å². The molecule has 0 aromatic heterocycles. The molecule has 1 amide bonds. The fourth-order valence-corrected chi connectivity index (χ4v) is 12.6. The first-order valence-electron chi connectivity index (χ1n) is 39.8. The van der Waals surface area contributed by atoms with Gasteiger partial charge in [-0.25, -0.2) is 0 Å². The molecule has 0 fully saturated rings. The van der Waals surface area contributed by atoms with Gasteiger partial charge in [0.05, 0.1) is 25.4 Å². The van der Waals surface area contributed by atoms with Crippen LogP contribution in [0.25, 0.3) is 0 Å². The van der Waals surface area contributed by atoms with E-state index < -0.39 is 12.1 Å². The van der Waals surface area contributed by atoms with Gasteiger partial charge in [0.1, 0.15) is 0 Å². The molecule has 0 bridgehead atoms. The number of aliphatic hydroxyl groups excluding tert-OH is 2. The Hall–Kier alpha value is -1.92. The van der Waals surface area contributed by atoms with E-state index in [2.05, 4.69) is 43.5 Å². The second-order valence-electron chi connectivity index (χ2n) is 27.4. The minimum absolute atomic E-state index is 0.0176. The molecule has 0 aromatic rings. The summed E-state index contributed by atoms with van der Waals surface area (Å²) >= 11 is 0. The summed E-state index contributed by atoms with van der Waals surface area (Å²) in [6.45, 7) is 4.95. The monoisotopic (exact) mass is 1220 g/mol. The Bertz CT molecular complexity index is 1410. The van der Waals surface area contributed by atoms with Crippen molar-refractivity contribution < 1.29 is 24.5 Å². The molecular formula is C81H155NO5. The standard InChI is InChI=1S/C81H155NO5/c1-3-5-7-9-11-13-15-17-19-20-21-22-36-39-42-46-49-53-57-61-65-69-73-79(84)78(77-83)82-80(85)74-70-66-62-58-54-50-47-43-40-37-34-32-30-28-26-24-23-25-27-29-31-33-35-38-41-44-48-52-56-60-64-68-72-76-87-81(86)75-71-67-63-59-55-51-45-18-16-14-12-10-8-6-4-2/h27,29,33,35,69,73,78-79,83-84H,3-26,28,30-32,34,36-68,70-72,74-77H2,1-2H3,(H,82,85)/b29-27-,35-33-,73-69+. The molecule has 0 radical (unpaired) electrons. The minimum Gasteiger partial charge on any atom is -0.466 e. The molecular weight excluding hydrogens is 1070 g/mol. The molecule has 3 N–H and O–H groups in total. The van der Waals surface area contributed by atoms with Gasteiger partial charge in [0.25, 0.3) is 0 Å². The molecule has 0 aliphatic rings. The predicted molar refractivity (Wildman–Crippen MR) is 384 cm³/mol. The Kier molecular flexibility index (Phi) is 74.8. The van der Waals surface area contributed by atoms with E-state index in [1.807, 2.05) is 6.08 Å². The smallest absolute Gasteiger partial charge is 0.305 e. The predicted octanol–water partition coefficient (Wildman–Crippen LogP) is 26.2. The molecule has 0 heterocycles. The van der Waals surface area contributed by atoms with E-state index >= 15 is 0 Å². The second kappa shape index (κ2) is 76.5. The lowest BCUT2D eigenvalue weighted by molar-refractivity contribution is -0.143. The van der Waals surface area contributed by atoms with Gasteiger partial charge in [-0.3, -0.25) is 9.59 Å². The van der Waals surface area contributed by atoms with Crippen LogP contribution in [-0.2, 0) is 14.3 Å². The van der Waals surface area contributed by atoms with Gasteiger partial charge in [0.2, 0.25) is 5.91 Å². The average Bonchev–Trinajstić information content (AvgIpc) is 3.58. The van der Waals surface area contributed by atoms with Crippen molar-refractivity contribution in [2.75, 3.05) is 13.2 Å². The van der Waals surface area contributed by atoms with E-state index in [1.54, 1.807) is 6.08 Å². The van der Waals surface area contributed by atoms with Crippen molar-refractivity contribution in [3.05, 3.63) is 36.5 Å². The van der Waals surface area contributed by atoms with Crippen LogP contribution in [0.1, 0.15) is 444 Å². The number of unbranched alkanes of at least 4 members (excludes halogenated alkanes) is 60. The average molecular weight is 1220 g/mol. The molecule has 0 spiro atoms. The van der Waals surface area contributed by atoms with Crippen molar-refractivity contribution >= 4 is 11.9 Å². The molecule has 0 rings (SSSR count). The van der Waals surface area contributed by atoms with Crippen molar-refractivity contribution in [3.63, 3.8) is 0 Å². The Morgan fingerprint density at radius 1 is 0.322 bits per heavy atom. The van der Waals surface area contributed by atoms with Crippen LogP contribution in [0.15, 0.2) is 36.5 Å². The first-order chi connectivity index (χ1) is 43.0. The highest BCUT2D eigenvalue weighted by molar-refractivity contribution is 5.76. The van der Waals surface area contributed by atoms with Crippen molar-refractivity contribution in [3.8, 4) is 0 Å². The van der Waals surface area contributed by atoms with Crippen LogP contribution in [0.5, 0.6) is 0 Å². The van der Waals surface area contributed by atoms with Crippen LogP contribution in [0.3, 0.4) is 0 Å². The number of allylic oxidation sites excluding steroid dienone is 5. The third-order valence-electron chi connectivity index (χ3n) is 18.7. The van der Waals surface area contributed by atoms with Gasteiger partial charge in [-0.2, -0.15) is 0 Å². The summed E-state index contributed by atoms with van der Waals surface area (Å²) in [6.07, 6.45) is 99.8. The lowest BCUT2D eigenvalue weighted by Crippen LogP contribution is -2.45. The first kappa shape index (κ1) is 85.1. The number of rotatable bonds is 75. The highest BCUT2D eigenvalue weighted by Gasteiger charge is 2.18. The van der Waals surface area contributed by atoms with Crippen LogP contribution in [0.2, 0.25) is 0 Å². The summed E-state index contributed by atoms with van der Waals surface area (Å²) in [7, 11) is 0. The Labute approximate surface area is 544 Å². The number of hydrogen-bond acceptors (Lipinski definition) is 5. The van der Waals surface area contributed by atoms with Crippen LogP contribution < -0.4 is 5.32 Å². The zero-order chi connectivity index (χ0) is 62.8. The largest absolute Gasteiger partial charge is 0.466 e. The highest BCUT2D eigenvalue weighted by Crippen LogP contribution is 2.20. The number of hydrogen-bond donors (Lipinski definition) is 3. The quantitative estimate of drug-likeness (QED) is 0.0320. The summed E-state index contributed by atoms with van der Waals surface area (Å²) in [5, 5.41) is 23.3. The van der Waals surface area contributed by atoms with Gasteiger partial charge >= 0.3 is 5.97 Å². The van der Waals surface area contributed by atoms with Gasteiger partial charge in [-0.05, 0) is 64.2 Å². The summed E-state index contributed by atoms with van der Waals surface area (Å²) in [5.74, 6) is -0.0439. The summed E-state index contributed by atoms with van der Waals surface area (Å²) in [5.41, 5.74) is 0. The molecule has 0 saturated carbocycles. The fraction of sp³-hybridized carbons (Fsp3) is 0.901. The number of esters is 1. The maximum atomic E-state index is 12.5. The third-order valence-corrected chi connectivity index (χ3v) is 18.7. The van der Waals surface area contributed by atoms with Crippen molar-refractivity contribution in [2.45, 2.75) is 456 Å². The van der Waals surface area contributed by atoms with Crippen molar-refractivity contribution in [2.24, 2.45) is 0 Å². The molecule has 0 aromatic carbocycles. The topological polar surface area (TPSA) is 95.9 Å². The summed E-state index contributed by atoms with van der Waals surface area (Å²) < 4.78 is 5.50. The van der Waals surface area contributed by atoms with E-state index in [1.165, 1.54) is 372 Å². The first-order valence-corrected chi connectivity index (χ1v) is 39.8. The van der Waals surface area contributed by atoms with Crippen LogP contribution >= 0.6 is 0 Å². The maximum Gasteiger partial charge on any atom is 0.305 e. The highest BCUT2D eigenvalue weighted by atomic mass is 16.5. The second-order valence-corrected chi connectivity index (χ2v) is 27.4. The lowest BCUT2D eigenvalue weighted by Gasteiger charge is -2.20. The maximum absolute atomic E-state index is 12.5. The van der Waals surface area contributed by atoms with Crippen molar-refractivity contribution in [1.82, 2.24) is 5.32 Å². The number of ether oxygens (including phenoxy) is 1. The third kappa shape index (κ3) is 73.0. The van der Waals surface area contributed by atoms with Gasteiger partial charge in [0, 0.05) is 12.8 Å². The van der Waals surface area contributed by atoms with Crippen molar-refractivity contribution in [1.29, 1.82) is 0 Å². The van der Waals surface area contributed by atoms with Crippen LogP contribution in [-0.4, -0.2) is 47.4 Å². The summed E-state index contributed by atoms with van der Waals surface area (Å²) in [4.78, 5) is 24.6. The fourth-order valence-electron chi connectivity index (χ4n) is 12.6. The van der Waals surface area contributed by atoms with E-state index in [-0.39, 0.29) is 18.5 Å². The SMILES string of the molecule is CCCCCCCCCCCCCCCCCCCCCC/C=C/C(O)C(CO)NC(=O)CCCCCCCCCCCCCCCCCCC/C=C\C/C=C\CCCCCCCCCCCOC(=O)CCCCCCCCCCCCCCCCC. The number of carbonyl (C=O) groups is 2. The molecule has 2 atom stereocenters. The van der Waals surface area contributed by atoms with Crippen LogP contribution in [0, 0.1) is 0 Å². The van der Waals surface area contributed by atoms with Gasteiger partial charge in [-0.15, -0.1) is 0 Å². The van der Waals surface area contributed by atoms with Gasteiger partial charge < -0.3 is 20.3 Å². The normalized spacial score (nSPS) is 12.6. The minimum atomic E-state index is -0.845. The molecule has 0 aliphatic heterocycles. The molecule has 0 saturated heterocycles. The molecule has 2 unspecified atom stereocenters. The van der Waals surface area contributed by atoms with Gasteiger partial charge in [-0.1, -0.05) is 403 Å². The van der Waals surface area contributed by atoms with Gasteiger partial charge in [0.15, 0.2) is 0 Å². The summed E-state index contributed by atoms with van der Waals surface area (Å²) in [6, 6.07) is -0.628. The van der Waals surface area contributed by atoms with E-state index in [0.29, 0.717) is 19.4 Å². The Morgan fingerprint density at radius 3 is 0.874 bits per heavy atom. The number of aliphatic hydroxyl groups is 2. The number of nitrogens with one attached hydrogen (secondary N) is 1. The lowest BCUT2D eigenvalue weighted by atomic mass is 10.0. The Balaban J connectivity index is 3.40.